The first-order chi connectivity index (χ1) is 8.86. The van der Waals surface area contributed by atoms with E-state index < -0.39 is 11.7 Å². The zero-order valence-electron chi connectivity index (χ0n) is 9.83. The highest BCUT2D eigenvalue weighted by molar-refractivity contribution is 9.10. The van der Waals surface area contributed by atoms with Crippen LogP contribution in [0.1, 0.15) is 23.5 Å². The van der Waals surface area contributed by atoms with Crippen molar-refractivity contribution >= 4 is 33.0 Å². The smallest absolute Gasteiger partial charge is 0.376 e. The van der Waals surface area contributed by atoms with E-state index in [0.717, 1.165) is 17.1 Å². The van der Waals surface area contributed by atoms with Crippen LogP contribution in [-0.4, -0.2) is 4.98 Å². The van der Waals surface area contributed by atoms with Gasteiger partial charge in [0.05, 0.1) is 11.6 Å². The molecule has 1 N–H and O–H groups in total. The van der Waals surface area contributed by atoms with Gasteiger partial charge in [-0.3, -0.25) is 0 Å². The van der Waals surface area contributed by atoms with Crippen LogP contribution in [0.4, 0.5) is 18.9 Å². The quantitative estimate of drug-likeness (QED) is 0.833. The van der Waals surface area contributed by atoms with Crippen molar-refractivity contribution in [1.29, 1.82) is 0 Å². The lowest BCUT2D eigenvalue weighted by Gasteiger charge is -2.15. The van der Waals surface area contributed by atoms with Gasteiger partial charge in [-0.25, -0.2) is 4.98 Å². The molecule has 0 aliphatic carbocycles. The Hall–Kier alpha value is -1.08. The molecule has 2 rings (SSSR count). The molecule has 0 aliphatic heterocycles. The lowest BCUT2D eigenvalue weighted by molar-refractivity contribution is -0.137. The largest absolute Gasteiger partial charge is 0.416 e. The molecule has 1 unspecified atom stereocenters. The number of thiazole rings is 1. The SMILES string of the molecule is CC(Nc1cc(Br)cc(C(F)(F)F)c1)c1nccs1. The van der Waals surface area contributed by atoms with Crippen molar-refractivity contribution < 1.29 is 13.2 Å². The highest BCUT2D eigenvalue weighted by Crippen LogP contribution is 2.34. The van der Waals surface area contributed by atoms with Gasteiger partial charge in [0.25, 0.3) is 0 Å². The van der Waals surface area contributed by atoms with E-state index in [0.29, 0.717) is 10.2 Å². The number of halogens is 4. The average molecular weight is 351 g/mol. The van der Waals surface area contributed by atoms with Gasteiger partial charge in [0, 0.05) is 21.7 Å². The van der Waals surface area contributed by atoms with Crippen LogP contribution in [0, 0.1) is 0 Å². The Balaban J connectivity index is 2.23. The number of nitrogens with one attached hydrogen (secondary N) is 1. The first-order valence-electron chi connectivity index (χ1n) is 5.40. The van der Waals surface area contributed by atoms with E-state index in [1.165, 1.54) is 11.3 Å². The zero-order valence-corrected chi connectivity index (χ0v) is 12.2. The average Bonchev–Trinajstić information content (AvgIpc) is 2.80. The molecular weight excluding hydrogens is 341 g/mol. The van der Waals surface area contributed by atoms with Gasteiger partial charge in [0.1, 0.15) is 5.01 Å². The third-order valence-corrected chi connectivity index (χ3v) is 3.85. The van der Waals surface area contributed by atoms with Crippen molar-refractivity contribution in [2.24, 2.45) is 0 Å². The molecule has 2 nitrogen and oxygen atoms in total. The van der Waals surface area contributed by atoms with Gasteiger partial charge >= 0.3 is 6.18 Å². The second-order valence-corrected chi connectivity index (χ2v) is 5.80. The molecule has 102 valence electrons. The minimum absolute atomic E-state index is 0.143. The number of nitrogens with zero attached hydrogens (tertiary/aromatic N) is 1. The van der Waals surface area contributed by atoms with Crippen LogP contribution in [0.3, 0.4) is 0 Å². The van der Waals surface area contributed by atoms with Gasteiger partial charge in [-0.15, -0.1) is 11.3 Å². The number of anilines is 1. The first kappa shape index (κ1) is 14.3. The van der Waals surface area contributed by atoms with E-state index in [-0.39, 0.29) is 6.04 Å². The van der Waals surface area contributed by atoms with Crippen molar-refractivity contribution in [3.05, 3.63) is 44.8 Å². The molecule has 0 saturated carbocycles. The number of alkyl halides is 3. The predicted octanol–water partition coefficient (Wildman–Crippen LogP) is 5.10. The van der Waals surface area contributed by atoms with E-state index in [4.69, 9.17) is 0 Å². The molecule has 2 aromatic rings. The molecule has 0 radical (unpaired) electrons. The summed E-state index contributed by atoms with van der Waals surface area (Å²) < 4.78 is 38.5. The summed E-state index contributed by atoms with van der Waals surface area (Å²) in [4.78, 5) is 4.13. The van der Waals surface area contributed by atoms with Crippen molar-refractivity contribution in [2.75, 3.05) is 5.32 Å². The predicted molar refractivity (Wildman–Crippen MR) is 73.3 cm³/mol. The van der Waals surface area contributed by atoms with Crippen LogP contribution in [0.15, 0.2) is 34.2 Å². The zero-order chi connectivity index (χ0) is 14.0. The Morgan fingerprint density at radius 1 is 1.32 bits per heavy atom. The molecule has 19 heavy (non-hydrogen) atoms. The van der Waals surface area contributed by atoms with Crippen LogP contribution < -0.4 is 5.32 Å². The van der Waals surface area contributed by atoms with Crippen LogP contribution >= 0.6 is 27.3 Å². The summed E-state index contributed by atoms with van der Waals surface area (Å²) in [6, 6.07) is 3.61. The molecule has 0 amide bonds. The molecule has 0 spiro atoms. The van der Waals surface area contributed by atoms with E-state index in [1.807, 2.05) is 12.3 Å². The summed E-state index contributed by atoms with van der Waals surface area (Å²) in [7, 11) is 0. The van der Waals surface area contributed by atoms with Crippen LogP contribution in [-0.2, 0) is 6.18 Å². The summed E-state index contributed by atoms with van der Waals surface area (Å²) in [6.45, 7) is 1.85. The maximum absolute atomic E-state index is 12.7. The lowest BCUT2D eigenvalue weighted by Crippen LogP contribution is -2.09. The normalized spacial score (nSPS) is 13.3. The molecule has 1 atom stereocenters. The van der Waals surface area contributed by atoms with Gasteiger partial charge in [0.2, 0.25) is 0 Å². The molecule has 0 fully saturated rings. The molecule has 0 bridgehead atoms. The van der Waals surface area contributed by atoms with Gasteiger partial charge < -0.3 is 5.32 Å². The van der Waals surface area contributed by atoms with Gasteiger partial charge in [0.15, 0.2) is 0 Å². The number of aromatic nitrogens is 1. The summed E-state index contributed by atoms with van der Waals surface area (Å²) in [5.74, 6) is 0. The van der Waals surface area contributed by atoms with E-state index >= 15 is 0 Å². The van der Waals surface area contributed by atoms with Crippen molar-refractivity contribution in [1.82, 2.24) is 4.98 Å². The summed E-state index contributed by atoms with van der Waals surface area (Å²) in [5.41, 5.74) is -0.278. The van der Waals surface area contributed by atoms with Gasteiger partial charge in [-0.05, 0) is 25.1 Å². The lowest BCUT2D eigenvalue weighted by atomic mass is 10.2. The van der Waals surface area contributed by atoms with Crippen molar-refractivity contribution in [3.8, 4) is 0 Å². The molecule has 0 saturated heterocycles. The minimum Gasteiger partial charge on any atom is -0.376 e. The Bertz CT molecular complexity index is 555. The van der Waals surface area contributed by atoms with E-state index in [1.54, 1.807) is 12.3 Å². The maximum atomic E-state index is 12.7. The third-order valence-electron chi connectivity index (χ3n) is 2.43. The van der Waals surface area contributed by atoms with E-state index in [2.05, 4.69) is 26.2 Å². The molecule has 1 aromatic carbocycles. The first-order valence-corrected chi connectivity index (χ1v) is 7.07. The monoisotopic (exact) mass is 350 g/mol. The summed E-state index contributed by atoms with van der Waals surface area (Å²) in [5, 5.41) is 5.67. The van der Waals surface area contributed by atoms with Crippen LogP contribution in [0.25, 0.3) is 0 Å². The van der Waals surface area contributed by atoms with Crippen LogP contribution in [0.5, 0.6) is 0 Å². The number of benzene rings is 1. The minimum atomic E-state index is -4.36. The Labute approximate surface area is 120 Å². The third kappa shape index (κ3) is 3.70. The Kier molecular flexibility index (Phi) is 4.15. The molecule has 1 aromatic heterocycles. The van der Waals surface area contributed by atoms with Crippen LogP contribution in [0.2, 0.25) is 0 Å². The second-order valence-electron chi connectivity index (χ2n) is 3.96. The summed E-state index contributed by atoms with van der Waals surface area (Å²) >= 11 is 4.55. The summed E-state index contributed by atoms with van der Waals surface area (Å²) in [6.07, 6.45) is -2.69. The maximum Gasteiger partial charge on any atom is 0.416 e. The second kappa shape index (κ2) is 5.50. The molecular formula is C12H10BrF3N2S. The fourth-order valence-corrected chi connectivity index (χ4v) is 2.74. The topological polar surface area (TPSA) is 24.9 Å². The number of rotatable bonds is 3. The highest BCUT2D eigenvalue weighted by Gasteiger charge is 2.31. The fourth-order valence-electron chi connectivity index (χ4n) is 1.60. The molecule has 7 heteroatoms. The molecule has 0 aliphatic rings. The Morgan fingerprint density at radius 3 is 2.63 bits per heavy atom. The van der Waals surface area contributed by atoms with Gasteiger partial charge in [-0.2, -0.15) is 13.2 Å². The fraction of sp³-hybridized carbons (Fsp3) is 0.250. The number of hydrogen-bond donors (Lipinski definition) is 1. The van der Waals surface area contributed by atoms with Gasteiger partial charge in [-0.1, -0.05) is 15.9 Å². The number of hydrogen-bond acceptors (Lipinski definition) is 3. The van der Waals surface area contributed by atoms with E-state index in [9.17, 15) is 13.2 Å². The van der Waals surface area contributed by atoms with Crippen molar-refractivity contribution in [2.45, 2.75) is 19.1 Å². The molecule has 1 heterocycles. The standard InChI is InChI=1S/C12H10BrF3N2S/c1-7(11-17-2-3-19-11)18-10-5-8(12(14,15)16)4-9(13)6-10/h2-7,18H,1H3. The Morgan fingerprint density at radius 2 is 2.05 bits per heavy atom. The highest BCUT2D eigenvalue weighted by atomic mass is 79.9. The van der Waals surface area contributed by atoms with Crippen molar-refractivity contribution in [3.63, 3.8) is 0 Å².